The molecule has 0 amide bonds. The molecule has 0 bridgehead atoms. The van der Waals surface area contributed by atoms with Crippen LogP contribution in [0.4, 0.5) is 0 Å². The molecule has 0 spiro atoms. The predicted molar refractivity (Wildman–Crippen MR) is 69.4 cm³/mol. The monoisotopic (exact) mass is 284 g/mol. The summed E-state index contributed by atoms with van der Waals surface area (Å²) in [5, 5.41) is 10.7. The minimum atomic E-state index is -0.290. The van der Waals surface area contributed by atoms with Crippen LogP contribution in [0, 0.1) is 0 Å². The van der Waals surface area contributed by atoms with Crippen molar-refractivity contribution in [1.82, 2.24) is 0 Å². The van der Waals surface area contributed by atoms with Gasteiger partial charge in [-0.1, -0.05) is 54.9 Å². The maximum atomic E-state index is 10.9. The van der Waals surface area contributed by atoms with Crippen molar-refractivity contribution in [1.29, 1.82) is 0 Å². The van der Waals surface area contributed by atoms with E-state index in [0.717, 1.165) is 11.8 Å². The molecule has 0 heterocycles. The third kappa shape index (κ3) is 2.64. The zero-order valence-corrected chi connectivity index (χ0v) is 11.4. The summed E-state index contributed by atoms with van der Waals surface area (Å²) in [5.74, 6) is -0.0474. The van der Waals surface area contributed by atoms with Gasteiger partial charge in [-0.2, -0.15) is 0 Å². The molecule has 0 aliphatic carbocycles. The van der Waals surface area contributed by atoms with Crippen LogP contribution >= 0.6 is 15.9 Å². The summed E-state index contributed by atoms with van der Waals surface area (Å²) < 4.78 is 0. The maximum Gasteiger partial charge on any atom is 0.128 e. The summed E-state index contributed by atoms with van der Waals surface area (Å²) >= 11 is 3.28. The number of carbonyl (C=O) groups excluding carboxylic acids is 1. The number of aromatic hydroxyl groups is 1. The van der Waals surface area contributed by atoms with E-state index in [2.05, 4.69) is 15.9 Å². The van der Waals surface area contributed by atoms with Gasteiger partial charge in [0.1, 0.15) is 12.0 Å². The zero-order valence-electron chi connectivity index (χ0n) is 9.83. The lowest BCUT2D eigenvalue weighted by Gasteiger charge is -2.22. The summed E-state index contributed by atoms with van der Waals surface area (Å²) in [6.45, 7) is 6.11. The fourth-order valence-electron chi connectivity index (χ4n) is 1.66. The molecule has 0 saturated carbocycles. The molecule has 1 N–H and O–H groups in total. The van der Waals surface area contributed by atoms with Crippen molar-refractivity contribution in [2.75, 3.05) is 5.33 Å². The van der Waals surface area contributed by atoms with Gasteiger partial charge in [0.05, 0.1) is 5.92 Å². The third-order valence-corrected chi connectivity index (χ3v) is 3.30. The van der Waals surface area contributed by atoms with Crippen LogP contribution in [0.2, 0.25) is 0 Å². The number of hydrogen-bond acceptors (Lipinski definition) is 2. The lowest BCUT2D eigenvalue weighted by molar-refractivity contribution is -0.108. The normalized spacial score (nSPS) is 13.5. The van der Waals surface area contributed by atoms with Gasteiger partial charge in [0.2, 0.25) is 0 Å². The smallest absolute Gasteiger partial charge is 0.128 e. The van der Waals surface area contributed by atoms with E-state index in [1.54, 1.807) is 6.07 Å². The van der Waals surface area contributed by atoms with E-state index in [1.807, 2.05) is 32.9 Å². The Morgan fingerprint density at radius 2 is 2.06 bits per heavy atom. The molecular formula is C13H17BrO2. The van der Waals surface area contributed by atoms with Crippen molar-refractivity contribution < 1.29 is 9.90 Å². The first kappa shape index (κ1) is 13.2. The number of carbonyl (C=O) groups is 1. The van der Waals surface area contributed by atoms with Crippen molar-refractivity contribution in [2.24, 2.45) is 0 Å². The van der Waals surface area contributed by atoms with E-state index in [1.165, 1.54) is 0 Å². The van der Waals surface area contributed by atoms with Crippen molar-refractivity contribution in [2.45, 2.75) is 32.1 Å². The van der Waals surface area contributed by atoms with Gasteiger partial charge in [0.15, 0.2) is 0 Å². The highest BCUT2D eigenvalue weighted by atomic mass is 79.9. The predicted octanol–water partition coefficient (Wildman–Crippen LogP) is 3.37. The molecule has 0 aromatic heterocycles. The highest BCUT2D eigenvalue weighted by Gasteiger charge is 2.22. The first-order chi connectivity index (χ1) is 7.41. The summed E-state index contributed by atoms with van der Waals surface area (Å²) in [7, 11) is 0. The zero-order chi connectivity index (χ0) is 12.3. The summed E-state index contributed by atoms with van der Waals surface area (Å²) in [6.07, 6.45) is 0.857. The number of phenolic OH excluding ortho intramolecular Hbond substituents is 1. The maximum absolute atomic E-state index is 10.9. The van der Waals surface area contributed by atoms with Gasteiger partial charge in [-0.3, -0.25) is 0 Å². The standard InChI is InChI=1S/C13H17BrO2/c1-13(2,3)11-6-4-5-10(12(11)16)9(7-14)8-15/h4-6,8-9,16H,7H2,1-3H3. The molecule has 1 atom stereocenters. The molecule has 2 nitrogen and oxygen atoms in total. The topological polar surface area (TPSA) is 37.3 Å². The summed E-state index contributed by atoms with van der Waals surface area (Å²) in [6, 6.07) is 5.58. The van der Waals surface area contributed by atoms with Crippen LogP contribution in [0.15, 0.2) is 18.2 Å². The highest BCUT2D eigenvalue weighted by molar-refractivity contribution is 9.09. The molecule has 88 valence electrons. The van der Waals surface area contributed by atoms with Gasteiger partial charge in [-0.15, -0.1) is 0 Å². The van der Waals surface area contributed by atoms with Crippen LogP contribution in [0.25, 0.3) is 0 Å². The summed E-state index contributed by atoms with van der Waals surface area (Å²) in [5.41, 5.74) is 1.44. The van der Waals surface area contributed by atoms with E-state index < -0.39 is 0 Å². The number of para-hydroxylation sites is 1. The quantitative estimate of drug-likeness (QED) is 0.683. The van der Waals surface area contributed by atoms with E-state index in [0.29, 0.717) is 10.9 Å². The average molecular weight is 285 g/mol. The fraction of sp³-hybridized carbons (Fsp3) is 0.462. The first-order valence-corrected chi connectivity index (χ1v) is 6.37. The largest absolute Gasteiger partial charge is 0.507 e. The fourth-order valence-corrected chi connectivity index (χ4v) is 2.16. The molecular weight excluding hydrogens is 268 g/mol. The molecule has 0 aliphatic rings. The van der Waals surface area contributed by atoms with Crippen LogP contribution in [-0.2, 0) is 10.2 Å². The Morgan fingerprint density at radius 3 is 2.50 bits per heavy atom. The lowest BCUT2D eigenvalue weighted by Crippen LogP contribution is -2.13. The number of alkyl halides is 1. The Bertz CT molecular complexity index is 380. The minimum Gasteiger partial charge on any atom is -0.507 e. The molecule has 0 saturated heterocycles. The SMILES string of the molecule is CC(C)(C)c1cccc(C(C=O)CBr)c1O. The molecule has 3 heteroatoms. The van der Waals surface area contributed by atoms with Crippen LogP contribution < -0.4 is 0 Å². The molecule has 1 unspecified atom stereocenters. The Hall–Kier alpha value is -0.830. The van der Waals surface area contributed by atoms with Crippen molar-refractivity contribution in [3.05, 3.63) is 29.3 Å². The second kappa shape index (κ2) is 5.00. The number of halogens is 1. The number of benzene rings is 1. The van der Waals surface area contributed by atoms with E-state index in [-0.39, 0.29) is 17.1 Å². The number of rotatable bonds is 3. The van der Waals surface area contributed by atoms with Gasteiger partial charge < -0.3 is 9.90 Å². The molecule has 1 aromatic rings. The molecule has 0 fully saturated rings. The number of hydrogen-bond donors (Lipinski definition) is 1. The van der Waals surface area contributed by atoms with Crippen LogP contribution in [0.5, 0.6) is 5.75 Å². The Kier molecular flexibility index (Phi) is 4.14. The lowest BCUT2D eigenvalue weighted by atomic mass is 9.84. The Morgan fingerprint density at radius 1 is 1.44 bits per heavy atom. The third-order valence-electron chi connectivity index (χ3n) is 2.61. The molecule has 0 aliphatic heterocycles. The van der Waals surface area contributed by atoms with Gasteiger partial charge in [-0.25, -0.2) is 0 Å². The second-order valence-electron chi connectivity index (χ2n) is 4.89. The number of aldehydes is 1. The summed E-state index contributed by atoms with van der Waals surface area (Å²) in [4.78, 5) is 10.9. The second-order valence-corrected chi connectivity index (χ2v) is 5.54. The minimum absolute atomic E-state index is 0.125. The Balaban J connectivity index is 3.28. The van der Waals surface area contributed by atoms with Gasteiger partial charge in [0, 0.05) is 10.9 Å². The van der Waals surface area contributed by atoms with Gasteiger partial charge in [0.25, 0.3) is 0 Å². The molecule has 1 rings (SSSR count). The van der Waals surface area contributed by atoms with E-state index >= 15 is 0 Å². The Labute approximate surface area is 105 Å². The number of phenols is 1. The highest BCUT2D eigenvalue weighted by Crippen LogP contribution is 2.36. The molecule has 0 radical (unpaired) electrons. The van der Waals surface area contributed by atoms with E-state index in [9.17, 15) is 9.90 Å². The van der Waals surface area contributed by atoms with Crippen LogP contribution in [0.3, 0.4) is 0 Å². The van der Waals surface area contributed by atoms with Gasteiger partial charge in [-0.05, 0) is 11.0 Å². The van der Waals surface area contributed by atoms with E-state index in [4.69, 9.17) is 0 Å². The average Bonchev–Trinajstić information content (AvgIpc) is 2.20. The molecule has 1 aromatic carbocycles. The molecule has 16 heavy (non-hydrogen) atoms. The van der Waals surface area contributed by atoms with Crippen molar-refractivity contribution in [3.8, 4) is 5.75 Å². The first-order valence-electron chi connectivity index (χ1n) is 5.25. The van der Waals surface area contributed by atoms with Crippen molar-refractivity contribution >= 4 is 22.2 Å². The van der Waals surface area contributed by atoms with Crippen molar-refractivity contribution in [3.63, 3.8) is 0 Å². The van der Waals surface area contributed by atoms with Gasteiger partial charge >= 0.3 is 0 Å². The van der Waals surface area contributed by atoms with Crippen LogP contribution in [0.1, 0.15) is 37.8 Å². The van der Waals surface area contributed by atoms with Crippen LogP contribution in [-0.4, -0.2) is 16.7 Å².